The second-order valence-corrected chi connectivity index (χ2v) is 5.95. The van der Waals surface area contributed by atoms with Crippen LogP contribution in [-0.2, 0) is 30.2 Å². The number of hydrogen-bond acceptors (Lipinski definition) is 9. The molecule has 1 aromatic carbocycles. The Morgan fingerprint density at radius 3 is 2.72 bits per heavy atom. The number of methoxy groups -OCH3 is 1. The number of amides is 2. The van der Waals surface area contributed by atoms with Gasteiger partial charge in [-0.1, -0.05) is 19.1 Å². The van der Waals surface area contributed by atoms with E-state index in [0.717, 1.165) is 0 Å². The second kappa shape index (κ2) is 10.3. The van der Waals surface area contributed by atoms with Crippen molar-refractivity contribution in [3.05, 3.63) is 29.3 Å². The molecule has 0 saturated heterocycles. The zero-order valence-corrected chi connectivity index (χ0v) is 15.9. The van der Waals surface area contributed by atoms with Gasteiger partial charge in [0.1, 0.15) is 11.3 Å². The Kier molecular flexibility index (Phi) is 7.83. The summed E-state index contributed by atoms with van der Waals surface area (Å²) >= 11 is 0. The lowest BCUT2D eigenvalue weighted by atomic mass is 9.72. The number of para-hydroxylation sites is 1. The van der Waals surface area contributed by atoms with Crippen molar-refractivity contribution < 1.29 is 43.1 Å². The fourth-order valence-corrected chi connectivity index (χ4v) is 2.52. The third kappa shape index (κ3) is 6.11. The molecule has 1 atom stereocenters. The molecule has 156 valence electrons. The molecule has 1 heterocycles. The molecule has 0 bridgehead atoms. The summed E-state index contributed by atoms with van der Waals surface area (Å²) in [6.45, 7) is 0.725. The highest BCUT2D eigenvalue weighted by atomic mass is 16.7. The number of esters is 2. The first-order chi connectivity index (χ1) is 13.8. The SMILES string of the molecule is CCC(=O)OCOC(=O)c1cccc2c1OB(O)[C@@H](NC(=O)CNC(=O)OC)C2. The lowest BCUT2D eigenvalue weighted by Gasteiger charge is -2.29. The van der Waals surface area contributed by atoms with Gasteiger partial charge in [-0.05, 0) is 18.1 Å². The largest absolute Gasteiger partial charge is 0.547 e. The number of hydrogen-bond donors (Lipinski definition) is 3. The number of carbonyl (C=O) groups is 4. The van der Waals surface area contributed by atoms with E-state index < -0.39 is 43.8 Å². The number of nitrogens with one attached hydrogen (secondary N) is 2. The van der Waals surface area contributed by atoms with Crippen LogP contribution < -0.4 is 15.3 Å². The number of alkyl carbamates (subject to hydrolysis) is 1. The molecule has 29 heavy (non-hydrogen) atoms. The summed E-state index contributed by atoms with van der Waals surface area (Å²) in [5.41, 5.74) is 0.604. The Balaban J connectivity index is 2.00. The summed E-state index contributed by atoms with van der Waals surface area (Å²) in [6, 6.07) is 4.70. The summed E-state index contributed by atoms with van der Waals surface area (Å²) in [5, 5.41) is 15.0. The Morgan fingerprint density at radius 1 is 1.28 bits per heavy atom. The van der Waals surface area contributed by atoms with Crippen LogP contribution in [0.5, 0.6) is 5.75 Å². The zero-order chi connectivity index (χ0) is 21.4. The van der Waals surface area contributed by atoms with Crippen LogP contribution in [0.15, 0.2) is 18.2 Å². The van der Waals surface area contributed by atoms with Gasteiger partial charge in [-0.2, -0.15) is 0 Å². The third-order valence-electron chi connectivity index (χ3n) is 3.96. The average molecular weight is 408 g/mol. The minimum atomic E-state index is -1.43. The Labute approximate surface area is 166 Å². The normalized spacial score (nSPS) is 14.7. The standard InChI is InChI=1S/C17H21BN2O9/c1-3-14(22)27-9-28-16(23)11-6-4-5-10-7-12(18(25)29-15(10)11)20-13(21)8-19-17(24)26-2/h4-6,12,25H,3,7-9H2,1-2H3,(H,19,24)(H,20,21)/t12-/m0/s1. The summed E-state index contributed by atoms with van der Waals surface area (Å²) < 4.78 is 19.4. The smallest absolute Gasteiger partial charge is 0.534 e. The van der Waals surface area contributed by atoms with E-state index in [2.05, 4.69) is 15.4 Å². The molecular weight excluding hydrogens is 387 g/mol. The third-order valence-corrected chi connectivity index (χ3v) is 3.96. The van der Waals surface area contributed by atoms with Crippen molar-refractivity contribution in [1.82, 2.24) is 10.6 Å². The van der Waals surface area contributed by atoms with Gasteiger partial charge in [-0.15, -0.1) is 0 Å². The summed E-state index contributed by atoms with van der Waals surface area (Å²) in [7, 11) is -0.268. The molecule has 12 heteroatoms. The predicted octanol–water partition coefficient (Wildman–Crippen LogP) is -0.450. The van der Waals surface area contributed by atoms with Gasteiger partial charge in [-0.3, -0.25) is 9.59 Å². The number of carbonyl (C=O) groups excluding carboxylic acids is 4. The van der Waals surface area contributed by atoms with Crippen LogP contribution in [0.25, 0.3) is 0 Å². The molecule has 0 aliphatic carbocycles. The van der Waals surface area contributed by atoms with Crippen molar-refractivity contribution in [2.75, 3.05) is 20.4 Å². The molecule has 0 saturated carbocycles. The van der Waals surface area contributed by atoms with Crippen molar-refractivity contribution in [3.63, 3.8) is 0 Å². The summed E-state index contributed by atoms with van der Waals surface area (Å²) in [4.78, 5) is 46.2. The first-order valence-corrected chi connectivity index (χ1v) is 8.76. The van der Waals surface area contributed by atoms with E-state index in [1.807, 2.05) is 0 Å². The predicted molar refractivity (Wildman–Crippen MR) is 97.8 cm³/mol. The molecule has 11 nitrogen and oxygen atoms in total. The molecule has 0 unspecified atom stereocenters. The van der Waals surface area contributed by atoms with E-state index in [1.54, 1.807) is 19.1 Å². The fraction of sp³-hybridized carbons (Fsp3) is 0.412. The summed E-state index contributed by atoms with van der Waals surface area (Å²) in [5.74, 6) is -2.54. The molecule has 1 aromatic rings. The molecule has 2 amide bonds. The Hall–Kier alpha value is -3.28. The second-order valence-electron chi connectivity index (χ2n) is 5.95. The molecule has 1 aliphatic rings. The highest BCUT2D eigenvalue weighted by molar-refractivity contribution is 6.47. The quantitative estimate of drug-likeness (QED) is 0.310. The van der Waals surface area contributed by atoms with Crippen molar-refractivity contribution in [3.8, 4) is 5.75 Å². The first-order valence-electron chi connectivity index (χ1n) is 8.76. The number of fused-ring (bicyclic) bond motifs is 1. The highest BCUT2D eigenvalue weighted by Gasteiger charge is 2.37. The number of rotatable bonds is 7. The van der Waals surface area contributed by atoms with Gasteiger partial charge in [0.05, 0.1) is 19.6 Å². The summed E-state index contributed by atoms with van der Waals surface area (Å²) in [6.07, 6.45) is -0.443. The molecule has 0 radical (unpaired) electrons. The first kappa shape index (κ1) is 22.0. The minimum Gasteiger partial charge on any atom is -0.534 e. The van der Waals surface area contributed by atoms with Gasteiger partial charge in [0.25, 0.3) is 0 Å². The lowest BCUT2D eigenvalue weighted by Crippen LogP contribution is -2.54. The van der Waals surface area contributed by atoms with Crippen LogP contribution in [0.2, 0.25) is 0 Å². The van der Waals surface area contributed by atoms with Crippen LogP contribution in [-0.4, -0.2) is 62.5 Å². The van der Waals surface area contributed by atoms with Crippen molar-refractivity contribution in [1.29, 1.82) is 0 Å². The average Bonchev–Trinajstić information content (AvgIpc) is 2.71. The van der Waals surface area contributed by atoms with E-state index in [-0.39, 0.29) is 30.7 Å². The molecule has 0 spiro atoms. The molecular formula is C17H21BN2O9. The Bertz CT molecular complexity index is 786. The lowest BCUT2D eigenvalue weighted by molar-refractivity contribution is -0.151. The molecule has 0 fully saturated rings. The van der Waals surface area contributed by atoms with E-state index in [0.29, 0.717) is 5.56 Å². The molecule has 3 N–H and O–H groups in total. The maximum Gasteiger partial charge on any atom is 0.547 e. The maximum absolute atomic E-state index is 12.2. The Morgan fingerprint density at radius 2 is 2.03 bits per heavy atom. The van der Waals surface area contributed by atoms with Crippen LogP contribution in [0.3, 0.4) is 0 Å². The van der Waals surface area contributed by atoms with Crippen LogP contribution in [0.1, 0.15) is 29.3 Å². The van der Waals surface area contributed by atoms with Gasteiger partial charge < -0.3 is 34.5 Å². The molecule has 2 rings (SSSR count). The van der Waals surface area contributed by atoms with Crippen LogP contribution >= 0.6 is 0 Å². The number of ether oxygens (including phenoxy) is 3. The van der Waals surface area contributed by atoms with Crippen molar-refractivity contribution >= 4 is 31.1 Å². The zero-order valence-electron chi connectivity index (χ0n) is 15.9. The van der Waals surface area contributed by atoms with Crippen molar-refractivity contribution in [2.45, 2.75) is 25.7 Å². The molecule has 0 aromatic heterocycles. The minimum absolute atomic E-state index is 0.0474. The van der Waals surface area contributed by atoms with E-state index in [9.17, 15) is 24.2 Å². The van der Waals surface area contributed by atoms with Gasteiger partial charge in [0, 0.05) is 6.42 Å². The maximum atomic E-state index is 12.2. The van der Waals surface area contributed by atoms with E-state index in [4.69, 9.17) is 14.1 Å². The van der Waals surface area contributed by atoms with Gasteiger partial charge in [0.15, 0.2) is 0 Å². The van der Waals surface area contributed by atoms with Crippen LogP contribution in [0.4, 0.5) is 4.79 Å². The van der Waals surface area contributed by atoms with Crippen LogP contribution in [0, 0.1) is 0 Å². The monoisotopic (exact) mass is 408 g/mol. The van der Waals surface area contributed by atoms with E-state index >= 15 is 0 Å². The van der Waals surface area contributed by atoms with Crippen molar-refractivity contribution in [2.24, 2.45) is 0 Å². The van der Waals surface area contributed by atoms with Gasteiger partial charge >= 0.3 is 25.2 Å². The van der Waals surface area contributed by atoms with Gasteiger partial charge in [0.2, 0.25) is 12.7 Å². The number of benzene rings is 1. The van der Waals surface area contributed by atoms with Gasteiger partial charge in [-0.25, -0.2) is 9.59 Å². The molecule has 1 aliphatic heterocycles. The topological polar surface area (TPSA) is 149 Å². The highest BCUT2D eigenvalue weighted by Crippen LogP contribution is 2.30. The fourth-order valence-electron chi connectivity index (χ4n) is 2.52. The van der Waals surface area contributed by atoms with E-state index in [1.165, 1.54) is 13.2 Å².